The number of ether oxygens (including phenoxy) is 2. The fourth-order valence-electron chi connectivity index (χ4n) is 6.26. The highest BCUT2D eigenvalue weighted by Gasteiger charge is 2.66. The van der Waals surface area contributed by atoms with Crippen LogP contribution in [0.5, 0.6) is 5.75 Å². The zero-order chi connectivity index (χ0) is 26.6. The number of benzene rings is 2. The van der Waals surface area contributed by atoms with Gasteiger partial charge in [-0.3, -0.25) is 19.3 Å². The predicted molar refractivity (Wildman–Crippen MR) is 140 cm³/mol. The van der Waals surface area contributed by atoms with Gasteiger partial charge in [0.2, 0.25) is 0 Å². The molecule has 4 aliphatic rings. The number of aliphatic hydroxyl groups is 1. The molecule has 6 rings (SSSR count). The second-order valence-electron chi connectivity index (χ2n) is 10.4. The molecule has 2 fully saturated rings. The monoisotopic (exact) mass is 517 g/mol. The zero-order valence-electron chi connectivity index (χ0n) is 21.6. The normalized spacial score (nSPS) is 26.3. The molecule has 9 nitrogen and oxygen atoms in total. The van der Waals surface area contributed by atoms with Crippen LogP contribution >= 0.6 is 0 Å². The molecule has 198 valence electrons. The Kier molecular flexibility index (Phi) is 6.00. The van der Waals surface area contributed by atoms with Crippen LogP contribution in [0.2, 0.25) is 0 Å². The van der Waals surface area contributed by atoms with Crippen LogP contribution in [0.4, 0.5) is 5.69 Å². The molecule has 0 saturated carbocycles. The number of anilines is 1. The Bertz CT molecular complexity index is 1360. The van der Waals surface area contributed by atoms with Gasteiger partial charge < -0.3 is 24.4 Å². The van der Waals surface area contributed by atoms with Crippen molar-refractivity contribution in [1.29, 1.82) is 0 Å². The van der Waals surface area contributed by atoms with E-state index < -0.39 is 23.1 Å². The van der Waals surface area contributed by atoms with Crippen molar-refractivity contribution in [2.45, 2.75) is 31.4 Å². The SMILES string of the molecule is C[C@H]1Cc2cc(C(O)=C3C(=O)C(=O)N(CCCN4CCOCC4)[C@]34C(=O)N(C)c3ccccc34)ccc2O1. The van der Waals surface area contributed by atoms with Crippen LogP contribution in [0.1, 0.15) is 30.0 Å². The maximum atomic E-state index is 14.1. The van der Waals surface area contributed by atoms with E-state index in [9.17, 15) is 19.5 Å². The second kappa shape index (κ2) is 9.25. The van der Waals surface area contributed by atoms with Gasteiger partial charge in [-0.25, -0.2) is 0 Å². The Hall–Kier alpha value is -3.69. The van der Waals surface area contributed by atoms with E-state index in [2.05, 4.69) is 4.90 Å². The van der Waals surface area contributed by atoms with Gasteiger partial charge >= 0.3 is 0 Å². The number of aliphatic hydroxyl groups excluding tert-OH is 1. The highest BCUT2D eigenvalue weighted by Crippen LogP contribution is 2.53. The summed E-state index contributed by atoms with van der Waals surface area (Å²) in [7, 11) is 1.64. The second-order valence-corrected chi connectivity index (χ2v) is 10.4. The van der Waals surface area contributed by atoms with Crippen LogP contribution in [0, 0.1) is 0 Å². The summed E-state index contributed by atoms with van der Waals surface area (Å²) in [5.74, 6) is -1.67. The summed E-state index contributed by atoms with van der Waals surface area (Å²) in [5, 5.41) is 11.7. The van der Waals surface area contributed by atoms with E-state index in [1.807, 2.05) is 13.0 Å². The summed E-state index contributed by atoms with van der Waals surface area (Å²) in [6.45, 7) is 5.79. The largest absolute Gasteiger partial charge is 0.507 e. The van der Waals surface area contributed by atoms with E-state index in [1.165, 1.54) is 9.80 Å². The number of para-hydroxylation sites is 1. The van der Waals surface area contributed by atoms with E-state index in [4.69, 9.17) is 9.47 Å². The summed E-state index contributed by atoms with van der Waals surface area (Å²) >= 11 is 0. The lowest BCUT2D eigenvalue weighted by atomic mass is 9.81. The van der Waals surface area contributed by atoms with Gasteiger partial charge in [0.1, 0.15) is 17.6 Å². The summed E-state index contributed by atoms with van der Waals surface area (Å²) < 4.78 is 11.2. The summed E-state index contributed by atoms with van der Waals surface area (Å²) in [6, 6.07) is 12.4. The number of likely N-dealkylation sites (N-methyl/N-ethyl adjacent to an activating group) is 1. The molecule has 9 heteroatoms. The van der Waals surface area contributed by atoms with Gasteiger partial charge in [0.05, 0.1) is 18.8 Å². The lowest BCUT2D eigenvalue weighted by Gasteiger charge is -2.35. The average Bonchev–Trinajstić information content (AvgIpc) is 3.49. The molecule has 1 N–H and O–H groups in total. The Balaban J connectivity index is 1.46. The number of morpholine rings is 1. The lowest BCUT2D eigenvalue weighted by Crippen LogP contribution is -2.52. The first-order valence-electron chi connectivity index (χ1n) is 13.1. The van der Waals surface area contributed by atoms with Gasteiger partial charge in [-0.2, -0.15) is 0 Å². The number of carbonyl (C=O) groups excluding carboxylic acids is 3. The van der Waals surface area contributed by atoms with E-state index in [1.54, 1.807) is 43.4 Å². The molecule has 0 unspecified atom stereocenters. The Labute approximate surface area is 221 Å². The summed E-state index contributed by atoms with van der Waals surface area (Å²) in [4.78, 5) is 46.5. The van der Waals surface area contributed by atoms with E-state index in [-0.39, 0.29) is 24.0 Å². The number of rotatable bonds is 5. The number of nitrogens with zero attached hydrogens (tertiary/aromatic N) is 3. The smallest absolute Gasteiger partial charge is 0.296 e. The van der Waals surface area contributed by atoms with Gasteiger partial charge in [0.15, 0.2) is 5.54 Å². The predicted octanol–water partition coefficient (Wildman–Crippen LogP) is 2.28. The number of hydrogen-bond acceptors (Lipinski definition) is 7. The van der Waals surface area contributed by atoms with Crippen LogP contribution in [0.25, 0.3) is 5.76 Å². The van der Waals surface area contributed by atoms with Crippen molar-refractivity contribution in [1.82, 2.24) is 9.80 Å². The number of amides is 2. The molecule has 1 spiro atoms. The standard InChI is InChI=1S/C29H31N3O6/c1-18-16-20-17-19(8-9-23(20)38-18)25(33)24-26(34)27(35)32(11-5-10-31-12-14-37-15-13-31)29(24)21-6-3-4-7-22(21)30(2)28(29)36/h3-4,6-9,17-18,33H,5,10-16H2,1-2H3/t18-,29-/m0/s1. The van der Waals surface area contributed by atoms with Gasteiger partial charge in [0, 0.05) is 56.5 Å². The molecule has 38 heavy (non-hydrogen) atoms. The van der Waals surface area contributed by atoms with Gasteiger partial charge in [-0.1, -0.05) is 18.2 Å². The van der Waals surface area contributed by atoms with Crippen molar-refractivity contribution in [3.05, 3.63) is 64.7 Å². The number of fused-ring (bicyclic) bond motifs is 3. The van der Waals surface area contributed by atoms with Crippen LogP contribution in [-0.4, -0.2) is 85.0 Å². The van der Waals surface area contributed by atoms with Gasteiger partial charge in [-0.15, -0.1) is 0 Å². The molecule has 2 atom stereocenters. The molecule has 0 bridgehead atoms. The highest BCUT2D eigenvalue weighted by atomic mass is 16.5. The van der Waals surface area contributed by atoms with Gasteiger partial charge in [0.25, 0.3) is 17.6 Å². The topological polar surface area (TPSA) is 99.6 Å². The first-order chi connectivity index (χ1) is 18.3. The zero-order valence-corrected chi connectivity index (χ0v) is 21.6. The van der Waals surface area contributed by atoms with E-state index in [0.717, 1.165) is 24.4 Å². The molecular formula is C29H31N3O6. The molecule has 2 amide bonds. The van der Waals surface area contributed by atoms with Crippen LogP contribution in [0.15, 0.2) is 48.0 Å². The number of Topliss-reactive ketones (excluding diaryl/α,β-unsaturated/α-hetero) is 1. The van der Waals surface area contributed by atoms with Crippen molar-refractivity contribution in [3.63, 3.8) is 0 Å². The van der Waals surface area contributed by atoms with E-state index >= 15 is 0 Å². The molecule has 4 aliphatic heterocycles. The third-order valence-corrected chi connectivity index (χ3v) is 8.07. The summed E-state index contributed by atoms with van der Waals surface area (Å²) in [5.41, 5.74) is 0.523. The quantitative estimate of drug-likeness (QED) is 0.369. The molecule has 4 heterocycles. The average molecular weight is 518 g/mol. The Morgan fingerprint density at radius 2 is 1.84 bits per heavy atom. The molecule has 0 aromatic heterocycles. The van der Waals surface area contributed by atoms with Crippen molar-refractivity contribution in [2.24, 2.45) is 0 Å². The highest BCUT2D eigenvalue weighted by molar-refractivity contribution is 6.50. The lowest BCUT2D eigenvalue weighted by molar-refractivity contribution is -0.143. The molecule has 0 radical (unpaired) electrons. The van der Waals surface area contributed by atoms with Crippen molar-refractivity contribution in [2.75, 3.05) is 51.3 Å². The third-order valence-electron chi connectivity index (χ3n) is 8.07. The van der Waals surface area contributed by atoms with E-state index in [0.29, 0.717) is 49.4 Å². The van der Waals surface area contributed by atoms with Crippen LogP contribution < -0.4 is 9.64 Å². The number of likely N-dealkylation sites (tertiary alicyclic amines) is 1. The van der Waals surface area contributed by atoms with Crippen molar-refractivity contribution in [3.8, 4) is 5.75 Å². The molecule has 2 aromatic rings. The minimum absolute atomic E-state index is 0.00923. The molecule has 2 saturated heterocycles. The first kappa shape index (κ1) is 24.6. The summed E-state index contributed by atoms with van der Waals surface area (Å²) in [6.07, 6.45) is 1.25. The number of hydrogen-bond donors (Lipinski definition) is 1. The van der Waals surface area contributed by atoms with Crippen LogP contribution in [0.3, 0.4) is 0 Å². The van der Waals surface area contributed by atoms with Crippen molar-refractivity contribution < 1.29 is 29.0 Å². The maximum absolute atomic E-state index is 14.1. The third kappa shape index (κ3) is 3.56. The fourth-order valence-corrected chi connectivity index (χ4v) is 6.26. The van der Waals surface area contributed by atoms with Crippen LogP contribution in [-0.2, 0) is 31.1 Å². The molecule has 2 aromatic carbocycles. The minimum atomic E-state index is -1.72. The Morgan fingerprint density at radius 3 is 2.63 bits per heavy atom. The first-order valence-corrected chi connectivity index (χ1v) is 13.1. The Morgan fingerprint density at radius 1 is 1.08 bits per heavy atom. The maximum Gasteiger partial charge on any atom is 0.296 e. The molecule has 0 aliphatic carbocycles. The van der Waals surface area contributed by atoms with Gasteiger partial charge in [-0.05, 0) is 43.2 Å². The fraction of sp³-hybridized carbons (Fsp3) is 0.414. The van der Waals surface area contributed by atoms with Crippen molar-refractivity contribution >= 4 is 29.0 Å². The molecular weight excluding hydrogens is 486 g/mol. The minimum Gasteiger partial charge on any atom is -0.507 e. The number of carbonyl (C=O) groups is 3. The number of ketones is 1.